The molecule has 5 heteroatoms. The second kappa shape index (κ2) is 12.7. The van der Waals surface area contributed by atoms with Gasteiger partial charge in [-0.2, -0.15) is 0 Å². The third-order valence-electron chi connectivity index (χ3n) is 8.20. The molecule has 2 aromatic rings. The van der Waals surface area contributed by atoms with Gasteiger partial charge < -0.3 is 9.64 Å². The van der Waals surface area contributed by atoms with Crippen molar-refractivity contribution in [1.82, 2.24) is 14.7 Å². The summed E-state index contributed by atoms with van der Waals surface area (Å²) < 4.78 is 5.62. The van der Waals surface area contributed by atoms with Gasteiger partial charge in [-0.3, -0.25) is 14.6 Å². The Kier molecular flexibility index (Phi) is 9.98. The zero-order valence-corrected chi connectivity index (χ0v) is 23.6. The number of hydrogen-bond acceptors (Lipinski definition) is 4. The van der Waals surface area contributed by atoms with E-state index in [1.807, 2.05) is 36.9 Å². The molecule has 3 atom stereocenters. The fourth-order valence-corrected chi connectivity index (χ4v) is 5.83. The van der Waals surface area contributed by atoms with Crippen LogP contribution in [0, 0.1) is 0 Å². The predicted molar refractivity (Wildman–Crippen MR) is 150 cm³/mol. The van der Waals surface area contributed by atoms with E-state index < -0.39 is 0 Å². The van der Waals surface area contributed by atoms with Crippen molar-refractivity contribution < 1.29 is 9.53 Å². The highest BCUT2D eigenvalue weighted by atomic mass is 16.5. The first-order valence-electron chi connectivity index (χ1n) is 13.8. The summed E-state index contributed by atoms with van der Waals surface area (Å²) in [7, 11) is 4.00. The minimum absolute atomic E-state index is 0.0985. The van der Waals surface area contributed by atoms with Crippen LogP contribution in [0.5, 0.6) is 5.75 Å². The van der Waals surface area contributed by atoms with Crippen LogP contribution in [0.1, 0.15) is 81.3 Å². The molecule has 1 aliphatic rings. The molecular weight excluding hydrogens is 446 g/mol. The Morgan fingerprint density at radius 2 is 1.78 bits per heavy atom. The van der Waals surface area contributed by atoms with Crippen molar-refractivity contribution in [1.29, 1.82) is 0 Å². The molecule has 1 fully saturated rings. The lowest BCUT2D eigenvalue weighted by Gasteiger charge is -2.54. The Morgan fingerprint density at radius 1 is 1.08 bits per heavy atom. The Labute approximate surface area is 219 Å². The van der Waals surface area contributed by atoms with E-state index in [4.69, 9.17) is 4.74 Å². The lowest BCUT2D eigenvalue weighted by molar-refractivity contribution is -0.0150. The molecule has 0 aromatic heterocycles. The summed E-state index contributed by atoms with van der Waals surface area (Å²) in [4.78, 5) is 20.1. The van der Waals surface area contributed by atoms with Crippen LogP contribution in [0.2, 0.25) is 0 Å². The van der Waals surface area contributed by atoms with Gasteiger partial charge in [0, 0.05) is 49.2 Å². The van der Waals surface area contributed by atoms with E-state index in [0.717, 1.165) is 44.0 Å². The molecular formula is C31H47N3O2. The number of piperazine rings is 1. The average Bonchev–Trinajstić information content (AvgIpc) is 2.88. The first-order valence-corrected chi connectivity index (χ1v) is 13.8. The number of unbranched alkanes of at least 4 members (excludes halogenated alkanes) is 2. The molecule has 0 spiro atoms. The summed E-state index contributed by atoms with van der Waals surface area (Å²) in [5.41, 5.74) is 3.12. The van der Waals surface area contributed by atoms with Crippen molar-refractivity contribution in [2.75, 3.05) is 46.9 Å². The lowest BCUT2D eigenvalue weighted by Crippen LogP contribution is -2.65. The van der Waals surface area contributed by atoms with E-state index in [0.29, 0.717) is 6.04 Å². The summed E-state index contributed by atoms with van der Waals surface area (Å²) in [6.07, 6.45) is 3.76. The minimum atomic E-state index is -0.116. The average molecular weight is 494 g/mol. The van der Waals surface area contributed by atoms with Gasteiger partial charge in [-0.05, 0) is 83.1 Å². The maximum absolute atomic E-state index is 13.0. The van der Waals surface area contributed by atoms with Gasteiger partial charge >= 0.3 is 0 Å². The fraction of sp³-hybridized carbons (Fsp3) is 0.581. The zero-order valence-electron chi connectivity index (χ0n) is 23.6. The Bertz CT molecular complexity index is 972. The number of rotatable bonds is 11. The topological polar surface area (TPSA) is 36.0 Å². The van der Waals surface area contributed by atoms with Crippen LogP contribution in [-0.4, -0.2) is 79.1 Å². The maximum atomic E-state index is 13.0. The lowest BCUT2D eigenvalue weighted by atomic mass is 9.73. The number of amides is 1. The molecule has 1 heterocycles. The highest BCUT2D eigenvalue weighted by molar-refractivity contribution is 5.94. The molecule has 0 radical (unpaired) electrons. The standard InChI is InChI=1S/C31H47N3O2/c1-8-11-12-20-34-23-31(5,32(6)22-24(34)4)29(27-14-13-15-28(21-27)36-7)25-16-18-26(19-17-25)30(35)33(9-2)10-3/h13-19,21,24,29H,8-12,20,22-23H2,1-7H3. The second-order valence-electron chi connectivity index (χ2n) is 10.6. The molecule has 0 N–H and O–H groups in total. The number of nitrogens with zero attached hydrogens (tertiary/aromatic N) is 3. The van der Waals surface area contributed by atoms with Crippen LogP contribution in [0.25, 0.3) is 0 Å². The maximum Gasteiger partial charge on any atom is 0.253 e. The number of hydrogen-bond donors (Lipinski definition) is 0. The third-order valence-corrected chi connectivity index (χ3v) is 8.20. The molecule has 198 valence electrons. The molecule has 1 saturated heterocycles. The molecule has 3 rings (SSSR count). The third kappa shape index (κ3) is 6.12. The molecule has 5 nitrogen and oxygen atoms in total. The first-order chi connectivity index (χ1) is 17.3. The number of benzene rings is 2. The largest absolute Gasteiger partial charge is 0.497 e. The summed E-state index contributed by atoms with van der Waals surface area (Å²) in [5, 5.41) is 0. The molecule has 3 unspecified atom stereocenters. The van der Waals surface area contributed by atoms with Crippen LogP contribution in [-0.2, 0) is 0 Å². The van der Waals surface area contributed by atoms with Crippen molar-refractivity contribution >= 4 is 5.91 Å². The first kappa shape index (κ1) is 28.2. The van der Waals surface area contributed by atoms with Crippen LogP contribution >= 0.6 is 0 Å². The summed E-state index contributed by atoms with van der Waals surface area (Å²) in [5.74, 6) is 1.11. The minimum Gasteiger partial charge on any atom is -0.497 e. The number of methoxy groups -OCH3 is 1. The quantitative estimate of drug-likeness (QED) is 0.366. The molecule has 1 aliphatic heterocycles. The predicted octanol–water partition coefficient (Wildman–Crippen LogP) is 5.89. The number of ether oxygens (including phenoxy) is 1. The normalized spacial score (nSPS) is 21.8. The van der Waals surface area contributed by atoms with E-state index in [1.165, 1.54) is 30.4 Å². The SMILES string of the molecule is CCCCCN1CC(C)(C(c2ccc(C(=O)N(CC)CC)cc2)c2cccc(OC)c2)N(C)CC1C. The molecule has 36 heavy (non-hydrogen) atoms. The van der Waals surface area contributed by atoms with Gasteiger partial charge in [-0.1, -0.05) is 44.0 Å². The van der Waals surface area contributed by atoms with Crippen molar-refractivity contribution in [2.24, 2.45) is 0 Å². The van der Waals surface area contributed by atoms with Gasteiger partial charge in [-0.15, -0.1) is 0 Å². The summed E-state index contributed by atoms with van der Waals surface area (Å²) >= 11 is 0. The van der Waals surface area contributed by atoms with E-state index in [2.05, 4.69) is 68.0 Å². The van der Waals surface area contributed by atoms with E-state index >= 15 is 0 Å². The highest BCUT2D eigenvalue weighted by Crippen LogP contribution is 2.42. The van der Waals surface area contributed by atoms with Gasteiger partial charge in [0.25, 0.3) is 5.91 Å². The molecule has 0 bridgehead atoms. The monoisotopic (exact) mass is 493 g/mol. The highest BCUT2D eigenvalue weighted by Gasteiger charge is 2.45. The van der Waals surface area contributed by atoms with Crippen LogP contribution in [0.4, 0.5) is 0 Å². The van der Waals surface area contributed by atoms with Gasteiger partial charge in [0.15, 0.2) is 0 Å². The van der Waals surface area contributed by atoms with Crippen LogP contribution in [0.3, 0.4) is 0 Å². The van der Waals surface area contributed by atoms with Gasteiger partial charge in [-0.25, -0.2) is 0 Å². The van der Waals surface area contributed by atoms with Crippen molar-refractivity contribution in [2.45, 2.75) is 71.4 Å². The van der Waals surface area contributed by atoms with E-state index in [9.17, 15) is 4.79 Å². The second-order valence-corrected chi connectivity index (χ2v) is 10.6. The molecule has 2 aromatic carbocycles. The zero-order chi connectivity index (χ0) is 26.3. The van der Waals surface area contributed by atoms with Gasteiger partial charge in [0.05, 0.1) is 7.11 Å². The van der Waals surface area contributed by atoms with Crippen molar-refractivity contribution in [3.63, 3.8) is 0 Å². The summed E-state index contributed by atoms with van der Waals surface area (Å²) in [6.45, 7) is 15.7. The summed E-state index contributed by atoms with van der Waals surface area (Å²) in [6, 6.07) is 17.4. The van der Waals surface area contributed by atoms with Crippen LogP contribution < -0.4 is 4.74 Å². The van der Waals surface area contributed by atoms with E-state index in [-0.39, 0.29) is 17.4 Å². The van der Waals surface area contributed by atoms with Crippen molar-refractivity contribution in [3.8, 4) is 5.75 Å². The fourth-order valence-electron chi connectivity index (χ4n) is 5.83. The smallest absolute Gasteiger partial charge is 0.253 e. The van der Waals surface area contributed by atoms with Gasteiger partial charge in [0.1, 0.15) is 5.75 Å². The molecule has 0 aliphatic carbocycles. The molecule has 0 saturated carbocycles. The Morgan fingerprint density at radius 3 is 2.39 bits per heavy atom. The Balaban J connectivity index is 2.03. The Hall–Kier alpha value is -2.37. The number of carbonyl (C=O) groups is 1. The van der Waals surface area contributed by atoms with Gasteiger partial charge in [0.2, 0.25) is 0 Å². The van der Waals surface area contributed by atoms with E-state index in [1.54, 1.807) is 7.11 Å². The van der Waals surface area contributed by atoms with Crippen molar-refractivity contribution in [3.05, 3.63) is 65.2 Å². The number of likely N-dealkylation sites (N-methyl/N-ethyl adjacent to an activating group) is 1. The molecule has 1 amide bonds. The number of carbonyl (C=O) groups excluding carboxylic acids is 1. The van der Waals surface area contributed by atoms with Crippen LogP contribution in [0.15, 0.2) is 48.5 Å².